The Morgan fingerprint density at radius 3 is 2.64 bits per heavy atom. The van der Waals surface area contributed by atoms with Gasteiger partial charge < -0.3 is 5.73 Å². The minimum atomic E-state index is -0.581. The molecule has 5 nitrogen and oxygen atoms in total. The normalized spacial score (nSPS) is 23.2. The summed E-state index contributed by atoms with van der Waals surface area (Å²) in [7, 11) is 0. The average Bonchev–Trinajstić information content (AvgIpc) is 1.96. The van der Waals surface area contributed by atoms with Gasteiger partial charge in [-0.1, -0.05) is 0 Å². The molecule has 0 bridgehead atoms. The number of hydrogen-bond acceptors (Lipinski definition) is 3. The van der Waals surface area contributed by atoms with E-state index < -0.39 is 11.9 Å². The maximum atomic E-state index is 10.5. The lowest BCUT2D eigenvalue weighted by Gasteiger charge is -2.08. The van der Waals surface area contributed by atoms with Gasteiger partial charge in [-0.3, -0.25) is 9.59 Å². The van der Waals surface area contributed by atoms with Gasteiger partial charge in [0.15, 0.2) is 6.04 Å². The molecular weight excluding hydrogens is 146 g/mol. The Morgan fingerprint density at radius 1 is 1.73 bits per heavy atom. The lowest BCUT2D eigenvalue weighted by Crippen LogP contribution is -2.23. The van der Waals surface area contributed by atoms with Gasteiger partial charge in [0.1, 0.15) is 0 Å². The first kappa shape index (κ1) is 7.59. The van der Waals surface area contributed by atoms with E-state index >= 15 is 0 Å². The minimum absolute atomic E-state index is 0.328. The first-order valence-corrected chi connectivity index (χ1v) is 3.04. The molecule has 1 aliphatic heterocycles. The number of nitrogens with two attached hydrogens (primary N) is 1. The second-order valence-electron chi connectivity index (χ2n) is 2.21. The van der Waals surface area contributed by atoms with Crippen molar-refractivity contribution >= 4 is 11.8 Å². The van der Waals surface area contributed by atoms with Crippen LogP contribution in [0.5, 0.6) is 0 Å². The maximum Gasteiger partial charge on any atom is 0.294 e. The van der Waals surface area contributed by atoms with Crippen molar-refractivity contribution in [3.63, 3.8) is 0 Å². The molecule has 1 heterocycles. The van der Waals surface area contributed by atoms with Crippen LogP contribution in [0.1, 0.15) is 6.92 Å². The van der Waals surface area contributed by atoms with E-state index in [0.29, 0.717) is 5.57 Å². The Labute approximate surface area is 63.0 Å². The molecule has 1 rings (SSSR count). The number of carbonyl (C=O) groups excluding carboxylic acids is 2. The average molecular weight is 153 g/mol. The number of azo groups is 1. The van der Waals surface area contributed by atoms with Crippen LogP contribution in [0.15, 0.2) is 21.9 Å². The zero-order chi connectivity index (χ0) is 8.43. The van der Waals surface area contributed by atoms with E-state index in [0.717, 1.165) is 0 Å². The Balaban J connectivity index is 2.66. The van der Waals surface area contributed by atoms with Crippen molar-refractivity contribution in [2.24, 2.45) is 16.0 Å². The lowest BCUT2D eigenvalue weighted by atomic mass is 10.1. The molecule has 1 unspecified atom stereocenters. The Morgan fingerprint density at radius 2 is 2.36 bits per heavy atom. The van der Waals surface area contributed by atoms with E-state index in [1.807, 2.05) is 0 Å². The largest absolute Gasteiger partial charge is 0.366 e. The van der Waals surface area contributed by atoms with Gasteiger partial charge >= 0.3 is 0 Å². The van der Waals surface area contributed by atoms with Crippen molar-refractivity contribution in [3.05, 3.63) is 11.6 Å². The third kappa shape index (κ3) is 1.49. The van der Waals surface area contributed by atoms with Crippen LogP contribution in [0, 0.1) is 0 Å². The van der Waals surface area contributed by atoms with Crippen LogP contribution in [0.2, 0.25) is 0 Å². The van der Waals surface area contributed by atoms with Gasteiger partial charge in [0.05, 0.1) is 0 Å². The molecule has 0 saturated heterocycles. The minimum Gasteiger partial charge on any atom is -0.366 e. The van der Waals surface area contributed by atoms with E-state index in [9.17, 15) is 9.59 Å². The first-order valence-electron chi connectivity index (χ1n) is 3.04. The summed E-state index contributed by atoms with van der Waals surface area (Å²) >= 11 is 0. The molecule has 0 aromatic rings. The van der Waals surface area contributed by atoms with Crippen molar-refractivity contribution in [3.8, 4) is 0 Å². The van der Waals surface area contributed by atoms with Gasteiger partial charge in [-0.05, 0) is 13.0 Å². The predicted molar refractivity (Wildman–Crippen MR) is 36.6 cm³/mol. The number of amides is 2. The van der Waals surface area contributed by atoms with Gasteiger partial charge in [-0.2, -0.15) is 5.11 Å². The van der Waals surface area contributed by atoms with Crippen LogP contribution in [0.25, 0.3) is 0 Å². The van der Waals surface area contributed by atoms with E-state index in [1.54, 1.807) is 0 Å². The fraction of sp³-hybridized carbons (Fsp3) is 0.333. The zero-order valence-electron chi connectivity index (χ0n) is 5.94. The summed E-state index contributed by atoms with van der Waals surface area (Å²) in [5.41, 5.74) is 5.25. The summed E-state index contributed by atoms with van der Waals surface area (Å²) in [6, 6.07) is -0.581. The second kappa shape index (κ2) is 2.61. The Hall–Kier alpha value is -1.52. The summed E-state index contributed by atoms with van der Waals surface area (Å²) < 4.78 is 0. The summed E-state index contributed by atoms with van der Waals surface area (Å²) in [6.45, 7) is 1.53. The smallest absolute Gasteiger partial charge is 0.294 e. The van der Waals surface area contributed by atoms with Crippen LogP contribution in [-0.4, -0.2) is 17.9 Å². The van der Waals surface area contributed by atoms with Gasteiger partial charge in [0.2, 0.25) is 5.91 Å². The van der Waals surface area contributed by atoms with Crippen molar-refractivity contribution < 1.29 is 9.59 Å². The molecule has 58 valence electrons. The molecule has 1 aliphatic rings. The summed E-state index contributed by atoms with van der Waals surface area (Å²) in [5.74, 6) is -0.870. The SMILES string of the molecule is C/C(=C\C1N=NC1=O)C(N)=O. The summed E-state index contributed by atoms with van der Waals surface area (Å²) in [4.78, 5) is 21.0. The number of rotatable bonds is 2. The number of carbonyl (C=O) groups is 2. The fourth-order valence-corrected chi connectivity index (χ4v) is 0.595. The molecule has 0 spiro atoms. The van der Waals surface area contributed by atoms with Crippen molar-refractivity contribution in [2.45, 2.75) is 13.0 Å². The van der Waals surface area contributed by atoms with Crippen molar-refractivity contribution in [2.75, 3.05) is 0 Å². The first-order chi connectivity index (χ1) is 5.11. The summed E-state index contributed by atoms with van der Waals surface area (Å²) in [5, 5.41) is 6.62. The van der Waals surface area contributed by atoms with Crippen LogP contribution in [0.3, 0.4) is 0 Å². The molecule has 2 N–H and O–H groups in total. The van der Waals surface area contributed by atoms with Gasteiger partial charge in [-0.25, -0.2) is 0 Å². The van der Waals surface area contributed by atoms with E-state index in [2.05, 4.69) is 10.2 Å². The molecular formula is C6H7N3O2. The fourth-order valence-electron chi connectivity index (χ4n) is 0.595. The Bertz CT molecular complexity index is 267. The molecule has 5 heteroatoms. The highest BCUT2D eigenvalue weighted by molar-refractivity contribution is 5.94. The molecule has 11 heavy (non-hydrogen) atoms. The standard InChI is InChI=1S/C6H7N3O2/c1-3(5(7)10)2-4-6(11)9-8-4/h2,4H,1H3,(H2,7,10)/b3-2+. The molecule has 0 radical (unpaired) electrons. The molecule has 1 atom stereocenters. The molecule has 2 amide bonds. The van der Waals surface area contributed by atoms with Crippen LogP contribution < -0.4 is 5.73 Å². The van der Waals surface area contributed by atoms with Gasteiger partial charge in [0, 0.05) is 5.57 Å². The van der Waals surface area contributed by atoms with E-state index in [-0.39, 0.29) is 5.91 Å². The number of hydrogen-bond donors (Lipinski definition) is 1. The highest BCUT2D eigenvalue weighted by Gasteiger charge is 2.23. The van der Waals surface area contributed by atoms with Crippen LogP contribution >= 0.6 is 0 Å². The van der Waals surface area contributed by atoms with E-state index in [4.69, 9.17) is 5.73 Å². The third-order valence-electron chi connectivity index (χ3n) is 1.33. The van der Waals surface area contributed by atoms with Gasteiger partial charge in [-0.15, -0.1) is 5.11 Å². The summed E-state index contributed by atoms with van der Waals surface area (Å²) in [6.07, 6.45) is 1.40. The monoisotopic (exact) mass is 153 g/mol. The van der Waals surface area contributed by atoms with Crippen LogP contribution in [-0.2, 0) is 9.59 Å². The van der Waals surface area contributed by atoms with Gasteiger partial charge in [0.25, 0.3) is 5.91 Å². The van der Waals surface area contributed by atoms with Crippen LogP contribution in [0.4, 0.5) is 0 Å². The zero-order valence-corrected chi connectivity index (χ0v) is 5.94. The quantitative estimate of drug-likeness (QED) is 0.556. The van der Waals surface area contributed by atoms with Crippen molar-refractivity contribution in [1.82, 2.24) is 0 Å². The maximum absolute atomic E-state index is 10.5. The molecule has 0 aromatic heterocycles. The predicted octanol–water partition coefficient (Wildman–Crippen LogP) is -0.221. The highest BCUT2D eigenvalue weighted by atomic mass is 16.2. The third-order valence-corrected chi connectivity index (χ3v) is 1.33. The highest BCUT2D eigenvalue weighted by Crippen LogP contribution is 2.10. The number of nitrogens with zero attached hydrogens (tertiary/aromatic N) is 2. The molecule has 0 aliphatic carbocycles. The number of primary amides is 1. The molecule has 0 saturated carbocycles. The topological polar surface area (TPSA) is 84.9 Å². The molecule has 0 fully saturated rings. The lowest BCUT2D eigenvalue weighted by molar-refractivity contribution is -0.121. The second-order valence-corrected chi connectivity index (χ2v) is 2.21. The molecule has 0 aromatic carbocycles. The van der Waals surface area contributed by atoms with E-state index in [1.165, 1.54) is 13.0 Å². The van der Waals surface area contributed by atoms with Crippen molar-refractivity contribution in [1.29, 1.82) is 0 Å². The Kier molecular flexibility index (Phi) is 1.80.